The normalized spacial score (nSPS) is 11.4. The first-order chi connectivity index (χ1) is 15.5. The summed E-state index contributed by atoms with van der Waals surface area (Å²) in [5, 5.41) is 10.3. The molecule has 0 radical (unpaired) electrons. The SMILES string of the molecule is COc1cc(/C=C(/C#N)c2nc3ccc(F)cc3[nH]2)c(Br)cc1OCc1ccccc1Cl. The Hall–Kier alpha value is -3.34. The lowest BCUT2D eigenvalue weighted by molar-refractivity contribution is 0.284. The van der Waals surface area contributed by atoms with E-state index in [0.717, 1.165) is 5.56 Å². The fourth-order valence-electron chi connectivity index (χ4n) is 3.12. The number of nitriles is 1. The van der Waals surface area contributed by atoms with Gasteiger partial charge in [-0.3, -0.25) is 0 Å². The van der Waals surface area contributed by atoms with Crippen molar-refractivity contribution in [2.75, 3.05) is 7.11 Å². The molecule has 0 unspecified atom stereocenters. The third kappa shape index (κ3) is 4.62. The molecule has 0 fully saturated rings. The molecule has 0 aliphatic carbocycles. The zero-order valence-electron chi connectivity index (χ0n) is 16.8. The fourth-order valence-corrected chi connectivity index (χ4v) is 3.75. The molecule has 0 spiro atoms. The molecule has 0 bridgehead atoms. The van der Waals surface area contributed by atoms with Crippen LogP contribution >= 0.6 is 27.5 Å². The van der Waals surface area contributed by atoms with Crippen molar-refractivity contribution in [1.29, 1.82) is 5.26 Å². The molecule has 1 aromatic heterocycles. The van der Waals surface area contributed by atoms with Gasteiger partial charge < -0.3 is 14.5 Å². The monoisotopic (exact) mass is 511 g/mol. The second-order valence-corrected chi connectivity index (χ2v) is 8.08. The maximum atomic E-state index is 13.5. The van der Waals surface area contributed by atoms with Crippen LogP contribution in [-0.4, -0.2) is 17.1 Å². The highest BCUT2D eigenvalue weighted by atomic mass is 79.9. The molecule has 0 saturated heterocycles. The lowest BCUT2D eigenvalue weighted by Crippen LogP contribution is -1.99. The van der Waals surface area contributed by atoms with Crippen LogP contribution in [0.5, 0.6) is 11.5 Å². The number of hydrogen-bond donors (Lipinski definition) is 1. The van der Waals surface area contributed by atoms with E-state index in [9.17, 15) is 9.65 Å². The van der Waals surface area contributed by atoms with Crippen LogP contribution in [0.4, 0.5) is 4.39 Å². The molecule has 3 aromatic carbocycles. The van der Waals surface area contributed by atoms with E-state index in [-0.39, 0.29) is 18.0 Å². The van der Waals surface area contributed by atoms with Gasteiger partial charge in [0, 0.05) is 15.1 Å². The molecule has 5 nitrogen and oxygen atoms in total. The van der Waals surface area contributed by atoms with Crippen LogP contribution in [0, 0.1) is 17.1 Å². The summed E-state index contributed by atoms with van der Waals surface area (Å²) < 4.78 is 25.6. The zero-order chi connectivity index (χ0) is 22.7. The van der Waals surface area contributed by atoms with Crippen LogP contribution in [0.1, 0.15) is 17.0 Å². The predicted octanol–water partition coefficient (Wildman–Crippen LogP) is 6.77. The minimum atomic E-state index is -0.380. The molecule has 0 aliphatic heterocycles. The van der Waals surface area contributed by atoms with Gasteiger partial charge in [-0.25, -0.2) is 9.37 Å². The number of hydrogen-bond acceptors (Lipinski definition) is 4. The lowest BCUT2D eigenvalue weighted by atomic mass is 10.1. The molecule has 1 N–H and O–H groups in total. The van der Waals surface area contributed by atoms with Crippen LogP contribution in [0.15, 0.2) is 59.1 Å². The average molecular weight is 513 g/mol. The summed E-state index contributed by atoms with van der Waals surface area (Å²) in [5.74, 6) is 0.984. The summed E-state index contributed by atoms with van der Waals surface area (Å²) in [5.41, 5.74) is 2.91. The Balaban J connectivity index is 1.65. The maximum Gasteiger partial charge on any atom is 0.162 e. The standard InChI is InChI=1S/C24H16BrClFN3O2/c1-31-22-9-15(18(25)11-23(22)32-13-14-4-2-3-5-19(14)26)8-16(12-28)24-29-20-7-6-17(27)10-21(20)30-24/h2-11H,13H2,1H3,(H,29,30)/b16-8-. The quantitative estimate of drug-likeness (QED) is 0.289. The number of aromatic amines is 1. The van der Waals surface area contributed by atoms with Gasteiger partial charge in [0.25, 0.3) is 0 Å². The number of imidazole rings is 1. The van der Waals surface area contributed by atoms with Gasteiger partial charge >= 0.3 is 0 Å². The van der Waals surface area contributed by atoms with Crippen LogP contribution in [-0.2, 0) is 6.61 Å². The van der Waals surface area contributed by atoms with Gasteiger partial charge in [0.05, 0.1) is 23.7 Å². The number of nitrogens with one attached hydrogen (secondary N) is 1. The summed E-state index contributed by atoms with van der Waals surface area (Å²) in [6.45, 7) is 0.274. The maximum absolute atomic E-state index is 13.5. The van der Waals surface area contributed by atoms with E-state index in [1.165, 1.54) is 19.2 Å². The zero-order valence-corrected chi connectivity index (χ0v) is 19.2. The van der Waals surface area contributed by atoms with Gasteiger partial charge in [0.1, 0.15) is 24.3 Å². The minimum absolute atomic E-state index is 0.274. The number of ether oxygens (including phenoxy) is 2. The Kier molecular flexibility index (Phi) is 6.45. The van der Waals surface area contributed by atoms with E-state index in [4.69, 9.17) is 21.1 Å². The van der Waals surface area contributed by atoms with Gasteiger partial charge in [-0.15, -0.1) is 0 Å². The van der Waals surface area contributed by atoms with Crippen molar-refractivity contribution in [1.82, 2.24) is 9.97 Å². The molecule has 4 aromatic rings. The molecule has 4 rings (SSSR count). The Morgan fingerprint density at radius 3 is 2.78 bits per heavy atom. The summed E-state index contributed by atoms with van der Waals surface area (Å²) in [6.07, 6.45) is 1.67. The van der Waals surface area contributed by atoms with Gasteiger partial charge in [-0.1, -0.05) is 45.7 Å². The summed E-state index contributed by atoms with van der Waals surface area (Å²) in [7, 11) is 1.54. The van der Waals surface area contributed by atoms with E-state index in [1.807, 2.05) is 18.2 Å². The molecular formula is C24H16BrClFN3O2. The largest absolute Gasteiger partial charge is 0.493 e. The van der Waals surface area contributed by atoms with E-state index in [0.29, 0.717) is 43.4 Å². The minimum Gasteiger partial charge on any atom is -0.493 e. The molecule has 8 heteroatoms. The summed E-state index contributed by atoms with van der Waals surface area (Å²) >= 11 is 9.73. The van der Waals surface area contributed by atoms with Gasteiger partial charge in [0.2, 0.25) is 0 Å². The van der Waals surface area contributed by atoms with E-state index < -0.39 is 0 Å². The fraction of sp³-hybridized carbons (Fsp3) is 0.0833. The van der Waals surface area contributed by atoms with Crippen LogP contribution < -0.4 is 9.47 Å². The van der Waals surface area contributed by atoms with Crippen LogP contribution in [0.3, 0.4) is 0 Å². The Morgan fingerprint density at radius 2 is 2.03 bits per heavy atom. The Morgan fingerprint density at radius 1 is 1.22 bits per heavy atom. The molecule has 0 amide bonds. The number of benzene rings is 3. The molecule has 0 saturated carbocycles. The molecule has 1 heterocycles. The Labute approximate surface area is 197 Å². The number of fused-ring (bicyclic) bond motifs is 1. The van der Waals surface area contributed by atoms with Gasteiger partial charge in [-0.05, 0) is 48.0 Å². The second-order valence-electron chi connectivity index (χ2n) is 6.82. The number of H-pyrrole nitrogens is 1. The first-order valence-electron chi connectivity index (χ1n) is 9.49. The van der Waals surface area contributed by atoms with Crippen molar-refractivity contribution in [2.45, 2.75) is 6.61 Å². The third-order valence-corrected chi connectivity index (χ3v) is 5.80. The van der Waals surface area contributed by atoms with Crippen molar-refractivity contribution in [3.05, 3.63) is 86.9 Å². The molecule has 0 atom stereocenters. The number of halogens is 3. The first kappa shape index (κ1) is 21.9. The molecule has 32 heavy (non-hydrogen) atoms. The van der Waals surface area contributed by atoms with E-state index in [1.54, 1.807) is 30.3 Å². The highest BCUT2D eigenvalue weighted by molar-refractivity contribution is 9.10. The number of methoxy groups -OCH3 is 1. The average Bonchev–Trinajstić information content (AvgIpc) is 3.20. The third-order valence-electron chi connectivity index (χ3n) is 4.74. The summed E-state index contributed by atoms with van der Waals surface area (Å²) in [4.78, 5) is 7.37. The van der Waals surface area contributed by atoms with Gasteiger partial charge in [0.15, 0.2) is 11.5 Å². The van der Waals surface area contributed by atoms with Gasteiger partial charge in [-0.2, -0.15) is 5.26 Å². The molecule has 160 valence electrons. The highest BCUT2D eigenvalue weighted by Crippen LogP contribution is 2.36. The van der Waals surface area contributed by atoms with E-state index >= 15 is 0 Å². The summed E-state index contributed by atoms with van der Waals surface area (Å²) in [6, 6.07) is 17.3. The first-order valence-corrected chi connectivity index (χ1v) is 10.7. The van der Waals surface area contributed by atoms with Crippen molar-refractivity contribution in [2.24, 2.45) is 0 Å². The van der Waals surface area contributed by atoms with Crippen molar-refractivity contribution >= 4 is 50.2 Å². The van der Waals surface area contributed by atoms with Crippen LogP contribution in [0.25, 0.3) is 22.7 Å². The Bertz CT molecular complexity index is 1380. The topological polar surface area (TPSA) is 70.9 Å². The molecular weight excluding hydrogens is 497 g/mol. The van der Waals surface area contributed by atoms with Crippen molar-refractivity contribution in [3.63, 3.8) is 0 Å². The smallest absolute Gasteiger partial charge is 0.162 e. The van der Waals surface area contributed by atoms with Crippen molar-refractivity contribution in [3.8, 4) is 17.6 Å². The van der Waals surface area contributed by atoms with Crippen molar-refractivity contribution < 1.29 is 13.9 Å². The second kappa shape index (κ2) is 9.43. The van der Waals surface area contributed by atoms with E-state index in [2.05, 4.69) is 32.0 Å². The lowest BCUT2D eigenvalue weighted by Gasteiger charge is -2.13. The predicted molar refractivity (Wildman–Crippen MR) is 126 cm³/mol. The molecule has 0 aliphatic rings. The van der Waals surface area contributed by atoms with Crippen LogP contribution in [0.2, 0.25) is 5.02 Å². The number of aromatic nitrogens is 2. The number of rotatable bonds is 6. The highest BCUT2D eigenvalue weighted by Gasteiger charge is 2.14. The number of nitrogens with zero attached hydrogens (tertiary/aromatic N) is 2. The number of allylic oxidation sites excluding steroid dienone is 1.